The van der Waals surface area contributed by atoms with E-state index in [0.29, 0.717) is 0 Å². The number of anilines is 1. The Balaban J connectivity index is 2.34. The molecular weight excluding hydrogens is 282 g/mol. The molecule has 0 spiro atoms. The molecule has 0 aromatic carbocycles. The Morgan fingerprint density at radius 3 is 2.76 bits per heavy atom. The third-order valence-corrected chi connectivity index (χ3v) is 3.88. The molecule has 1 fully saturated rings. The van der Waals surface area contributed by atoms with Gasteiger partial charge in [0.25, 0.3) is 0 Å². The van der Waals surface area contributed by atoms with Crippen molar-refractivity contribution in [3.8, 4) is 0 Å². The van der Waals surface area contributed by atoms with Crippen molar-refractivity contribution >= 4 is 21.7 Å². The SMILES string of the molecule is CCNc1nc(C2(OC)CCCC2)ncc1Br. The summed E-state index contributed by atoms with van der Waals surface area (Å²) >= 11 is 3.45. The van der Waals surface area contributed by atoms with Crippen LogP contribution in [0.4, 0.5) is 5.82 Å². The minimum absolute atomic E-state index is 0.273. The van der Waals surface area contributed by atoms with Crippen molar-refractivity contribution in [2.24, 2.45) is 0 Å². The average molecular weight is 300 g/mol. The number of methoxy groups -OCH3 is 1. The molecule has 0 aliphatic heterocycles. The van der Waals surface area contributed by atoms with E-state index in [-0.39, 0.29) is 5.60 Å². The van der Waals surface area contributed by atoms with Gasteiger partial charge in [-0.25, -0.2) is 9.97 Å². The quantitative estimate of drug-likeness (QED) is 0.928. The third-order valence-electron chi connectivity index (χ3n) is 3.30. The number of hydrogen-bond donors (Lipinski definition) is 1. The Hall–Kier alpha value is -0.680. The summed E-state index contributed by atoms with van der Waals surface area (Å²) in [5.41, 5.74) is -0.273. The number of halogens is 1. The predicted molar refractivity (Wildman–Crippen MR) is 71.1 cm³/mol. The Bertz CT molecular complexity index is 391. The van der Waals surface area contributed by atoms with Gasteiger partial charge in [0.1, 0.15) is 11.4 Å². The van der Waals surface area contributed by atoms with Crippen LogP contribution in [0, 0.1) is 0 Å². The molecule has 0 radical (unpaired) electrons. The second kappa shape index (κ2) is 5.31. The molecule has 0 unspecified atom stereocenters. The molecule has 4 nitrogen and oxygen atoms in total. The zero-order valence-electron chi connectivity index (χ0n) is 10.3. The van der Waals surface area contributed by atoms with Gasteiger partial charge in [-0.3, -0.25) is 0 Å². The largest absolute Gasteiger partial charge is 0.370 e. The number of nitrogens with one attached hydrogen (secondary N) is 1. The molecule has 2 rings (SSSR count). The van der Waals surface area contributed by atoms with Crippen molar-refractivity contribution in [1.82, 2.24) is 9.97 Å². The highest BCUT2D eigenvalue weighted by Gasteiger charge is 2.38. The van der Waals surface area contributed by atoms with Gasteiger partial charge in [0.05, 0.1) is 4.47 Å². The molecule has 0 bridgehead atoms. The van der Waals surface area contributed by atoms with E-state index >= 15 is 0 Å². The second-order valence-corrected chi connectivity index (χ2v) is 5.18. The summed E-state index contributed by atoms with van der Waals surface area (Å²) in [5, 5.41) is 3.23. The molecular formula is C12H18BrN3O. The van der Waals surface area contributed by atoms with Crippen LogP contribution >= 0.6 is 15.9 Å². The summed E-state index contributed by atoms with van der Waals surface area (Å²) in [7, 11) is 1.75. The van der Waals surface area contributed by atoms with E-state index in [2.05, 4.69) is 38.1 Å². The topological polar surface area (TPSA) is 47.0 Å². The summed E-state index contributed by atoms with van der Waals surface area (Å²) in [5.74, 6) is 1.65. The molecule has 1 saturated carbocycles. The van der Waals surface area contributed by atoms with E-state index in [1.165, 1.54) is 12.8 Å². The van der Waals surface area contributed by atoms with Gasteiger partial charge in [-0.1, -0.05) is 0 Å². The Morgan fingerprint density at radius 2 is 2.18 bits per heavy atom. The van der Waals surface area contributed by atoms with Crippen molar-refractivity contribution < 1.29 is 4.74 Å². The van der Waals surface area contributed by atoms with Gasteiger partial charge in [-0.2, -0.15) is 0 Å². The Morgan fingerprint density at radius 1 is 1.47 bits per heavy atom. The van der Waals surface area contributed by atoms with E-state index in [4.69, 9.17) is 4.74 Å². The fourth-order valence-electron chi connectivity index (χ4n) is 2.34. The summed E-state index contributed by atoms with van der Waals surface area (Å²) in [6.07, 6.45) is 6.19. The molecule has 94 valence electrons. The van der Waals surface area contributed by atoms with Crippen LogP contribution < -0.4 is 5.32 Å². The van der Waals surface area contributed by atoms with Crippen LogP contribution in [0.5, 0.6) is 0 Å². The van der Waals surface area contributed by atoms with Gasteiger partial charge in [0.15, 0.2) is 5.82 Å². The van der Waals surface area contributed by atoms with Crippen molar-refractivity contribution in [3.05, 3.63) is 16.5 Å². The van der Waals surface area contributed by atoms with E-state index in [1.54, 1.807) is 13.3 Å². The molecule has 0 amide bonds. The number of hydrogen-bond acceptors (Lipinski definition) is 4. The Kier molecular flexibility index (Phi) is 3.99. The first-order chi connectivity index (χ1) is 8.22. The molecule has 17 heavy (non-hydrogen) atoms. The van der Waals surface area contributed by atoms with Crippen molar-refractivity contribution in [2.75, 3.05) is 19.0 Å². The van der Waals surface area contributed by atoms with Crippen LogP contribution in [-0.4, -0.2) is 23.6 Å². The maximum Gasteiger partial charge on any atom is 0.162 e. The first-order valence-electron chi connectivity index (χ1n) is 6.04. The highest BCUT2D eigenvalue weighted by atomic mass is 79.9. The van der Waals surface area contributed by atoms with E-state index < -0.39 is 0 Å². The molecule has 1 aliphatic rings. The fraction of sp³-hybridized carbons (Fsp3) is 0.667. The van der Waals surface area contributed by atoms with Crippen LogP contribution in [0.3, 0.4) is 0 Å². The lowest BCUT2D eigenvalue weighted by Gasteiger charge is -2.26. The zero-order valence-corrected chi connectivity index (χ0v) is 11.9. The zero-order chi connectivity index (χ0) is 12.3. The van der Waals surface area contributed by atoms with Crippen molar-refractivity contribution in [1.29, 1.82) is 0 Å². The summed E-state index contributed by atoms with van der Waals surface area (Å²) in [6, 6.07) is 0. The number of ether oxygens (including phenoxy) is 1. The normalized spacial score (nSPS) is 18.3. The fourth-order valence-corrected chi connectivity index (χ4v) is 2.67. The van der Waals surface area contributed by atoms with E-state index in [0.717, 1.165) is 35.5 Å². The molecule has 1 heterocycles. The maximum absolute atomic E-state index is 5.69. The number of aromatic nitrogens is 2. The highest BCUT2D eigenvalue weighted by Crippen LogP contribution is 2.40. The standard InChI is InChI=1S/C12H18BrN3O/c1-3-14-10-9(13)8-15-11(16-10)12(17-2)6-4-5-7-12/h8H,3-7H2,1-2H3,(H,14,15,16). The summed E-state index contributed by atoms with van der Waals surface area (Å²) < 4.78 is 6.59. The number of rotatable bonds is 4. The minimum atomic E-state index is -0.273. The number of nitrogens with zero attached hydrogens (tertiary/aromatic N) is 2. The third kappa shape index (κ3) is 2.45. The average Bonchev–Trinajstić information content (AvgIpc) is 2.82. The van der Waals surface area contributed by atoms with Gasteiger partial charge in [-0.15, -0.1) is 0 Å². The molecule has 0 saturated heterocycles. The highest BCUT2D eigenvalue weighted by molar-refractivity contribution is 9.10. The lowest BCUT2D eigenvalue weighted by Crippen LogP contribution is -2.27. The van der Waals surface area contributed by atoms with E-state index in [1.807, 2.05) is 0 Å². The summed E-state index contributed by atoms with van der Waals surface area (Å²) in [4.78, 5) is 9.02. The molecule has 1 aliphatic carbocycles. The van der Waals surface area contributed by atoms with Crippen LogP contribution in [-0.2, 0) is 10.3 Å². The van der Waals surface area contributed by atoms with Crippen LogP contribution in [0.15, 0.2) is 10.7 Å². The van der Waals surface area contributed by atoms with Gasteiger partial charge < -0.3 is 10.1 Å². The van der Waals surface area contributed by atoms with E-state index in [9.17, 15) is 0 Å². The van der Waals surface area contributed by atoms with Crippen molar-refractivity contribution in [2.45, 2.75) is 38.2 Å². The summed E-state index contributed by atoms with van der Waals surface area (Å²) in [6.45, 7) is 2.89. The molecule has 5 heteroatoms. The molecule has 1 N–H and O–H groups in total. The minimum Gasteiger partial charge on any atom is -0.370 e. The predicted octanol–water partition coefficient (Wildman–Crippen LogP) is 3.09. The van der Waals surface area contributed by atoms with Gasteiger partial charge in [-0.05, 0) is 48.5 Å². The molecule has 0 atom stereocenters. The first kappa shape index (κ1) is 12.8. The van der Waals surface area contributed by atoms with Crippen LogP contribution in [0.1, 0.15) is 38.4 Å². The molecule has 1 aromatic rings. The van der Waals surface area contributed by atoms with Gasteiger partial charge in [0.2, 0.25) is 0 Å². The smallest absolute Gasteiger partial charge is 0.162 e. The lowest BCUT2D eigenvalue weighted by atomic mass is 10.0. The van der Waals surface area contributed by atoms with Gasteiger partial charge >= 0.3 is 0 Å². The van der Waals surface area contributed by atoms with Crippen molar-refractivity contribution in [3.63, 3.8) is 0 Å². The monoisotopic (exact) mass is 299 g/mol. The van der Waals surface area contributed by atoms with Crippen LogP contribution in [0.2, 0.25) is 0 Å². The van der Waals surface area contributed by atoms with Crippen LogP contribution in [0.25, 0.3) is 0 Å². The molecule has 1 aromatic heterocycles. The van der Waals surface area contributed by atoms with Gasteiger partial charge in [0, 0.05) is 19.9 Å². The maximum atomic E-state index is 5.69. The Labute approximate surface area is 110 Å². The lowest BCUT2D eigenvalue weighted by molar-refractivity contribution is -0.0162. The first-order valence-corrected chi connectivity index (χ1v) is 6.83. The second-order valence-electron chi connectivity index (χ2n) is 4.33.